The third-order valence-corrected chi connectivity index (χ3v) is 6.00. The van der Waals surface area contributed by atoms with Crippen molar-refractivity contribution in [3.8, 4) is 5.75 Å². The highest BCUT2D eigenvalue weighted by Crippen LogP contribution is 2.27. The van der Waals surface area contributed by atoms with Crippen molar-refractivity contribution in [3.63, 3.8) is 0 Å². The first kappa shape index (κ1) is 21.8. The second-order valence-corrected chi connectivity index (χ2v) is 8.24. The van der Waals surface area contributed by atoms with Crippen LogP contribution in [0.15, 0.2) is 71.6 Å². The van der Waals surface area contributed by atoms with E-state index < -0.39 is 21.9 Å². The maximum absolute atomic E-state index is 13.0. The van der Waals surface area contributed by atoms with E-state index in [1.807, 2.05) is 0 Å². The van der Waals surface area contributed by atoms with Gasteiger partial charge in [0.05, 0.1) is 34.5 Å². The molecule has 0 spiro atoms. The number of para-hydroxylation sites is 3. The quantitative estimate of drug-likeness (QED) is 0.514. The summed E-state index contributed by atoms with van der Waals surface area (Å²) in [5.74, 6) is -1.33. The number of carbonyl (C=O) groups excluding carboxylic acids is 1. The average Bonchev–Trinajstić information content (AvgIpc) is 2.74. The average molecular weight is 440 g/mol. The van der Waals surface area contributed by atoms with E-state index in [9.17, 15) is 23.1 Å². The monoisotopic (exact) mass is 440 g/mol. The maximum Gasteiger partial charge on any atom is 0.335 e. The molecule has 0 saturated carbocycles. The number of rotatable bonds is 7. The molecule has 3 rings (SSSR count). The SMILES string of the molecule is COc1ccccc1NC(=O)c1ccccc1NS(=O)(=O)c1cc(C(=O)O)ccc1C. The number of ether oxygens (including phenoxy) is 1. The van der Waals surface area contributed by atoms with E-state index in [4.69, 9.17) is 4.74 Å². The number of nitrogens with one attached hydrogen (secondary N) is 2. The lowest BCUT2D eigenvalue weighted by atomic mass is 10.1. The second kappa shape index (κ2) is 8.88. The van der Waals surface area contributed by atoms with E-state index in [1.54, 1.807) is 43.3 Å². The number of benzene rings is 3. The standard InChI is InChI=1S/C22H20N2O6S/c1-14-11-12-15(22(26)27)13-20(14)31(28,29)24-17-8-4-3-7-16(17)21(25)23-18-9-5-6-10-19(18)30-2/h3-13,24H,1-2H3,(H,23,25)(H,26,27). The number of carboxylic acids is 1. The van der Waals surface area contributed by atoms with E-state index in [1.165, 1.54) is 31.4 Å². The third-order valence-electron chi connectivity index (χ3n) is 4.50. The van der Waals surface area contributed by atoms with Gasteiger partial charge in [-0.3, -0.25) is 9.52 Å². The Morgan fingerprint density at radius 1 is 0.935 bits per heavy atom. The summed E-state index contributed by atoms with van der Waals surface area (Å²) >= 11 is 0. The Balaban J connectivity index is 1.94. The van der Waals surface area contributed by atoms with E-state index in [-0.39, 0.29) is 21.7 Å². The van der Waals surface area contributed by atoms with Crippen molar-refractivity contribution in [3.05, 3.63) is 83.4 Å². The Morgan fingerprint density at radius 2 is 1.58 bits per heavy atom. The van der Waals surface area contributed by atoms with Gasteiger partial charge in [0.1, 0.15) is 5.75 Å². The van der Waals surface area contributed by atoms with E-state index in [2.05, 4.69) is 10.0 Å². The van der Waals surface area contributed by atoms with Crippen molar-refractivity contribution in [1.82, 2.24) is 0 Å². The second-order valence-electron chi connectivity index (χ2n) is 6.59. The van der Waals surface area contributed by atoms with Gasteiger partial charge in [-0.2, -0.15) is 0 Å². The third kappa shape index (κ3) is 4.84. The Morgan fingerprint density at radius 3 is 2.26 bits per heavy atom. The topological polar surface area (TPSA) is 122 Å². The molecule has 0 atom stereocenters. The largest absolute Gasteiger partial charge is 0.495 e. The molecular formula is C22H20N2O6S. The molecule has 3 N–H and O–H groups in total. The number of aromatic carboxylic acids is 1. The van der Waals surface area contributed by atoms with Crippen LogP contribution in [0.2, 0.25) is 0 Å². The Kier molecular flexibility index (Phi) is 6.26. The summed E-state index contributed by atoms with van der Waals surface area (Å²) in [6.07, 6.45) is 0. The van der Waals surface area contributed by atoms with Crippen LogP contribution in [-0.2, 0) is 10.0 Å². The molecule has 0 aliphatic carbocycles. The normalized spacial score (nSPS) is 10.9. The van der Waals surface area contributed by atoms with Crippen LogP contribution in [0, 0.1) is 6.92 Å². The van der Waals surface area contributed by atoms with E-state index in [0.29, 0.717) is 17.0 Å². The number of methoxy groups -OCH3 is 1. The highest BCUT2D eigenvalue weighted by Gasteiger charge is 2.22. The lowest BCUT2D eigenvalue weighted by Crippen LogP contribution is -2.19. The van der Waals surface area contributed by atoms with Crippen LogP contribution in [0.1, 0.15) is 26.3 Å². The van der Waals surface area contributed by atoms with Gasteiger partial charge in [-0.25, -0.2) is 13.2 Å². The molecular weight excluding hydrogens is 420 g/mol. The molecule has 8 nitrogen and oxygen atoms in total. The Hall–Kier alpha value is -3.85. The first-order chi connectivity index (χ1) is 14.7. The van der Waals surface area contributed by atoms with Crippen molar-refractivity contribution in [2.75, 3.05) is 17.1 Å². The molecule has 3 aromatic carbocycles. The molecule has 31 heavy (non-hydrogen) atoms. The molecule has 9 heteroatoms. The van der Waals surface area contributed by atoms with E-state index >= 15 is 0 Å². The van der Waals surface area contributed by atoms with Crippen molar-refractivity contribution in [2.45, 2.75) is 11.8 Å². The minimum atomic E-state index is -4.16. The molecule has 0 aliphatic rings. The fourth-order valence-corrected chi connectivity index (χ4v) is 4.28. The molecule has 0 heterocycles. The number of hydrogen-bond donors (Lipinski definition) is 3. The van der Waals surface area contributed by atoms with Crippen molar-refractivity contribution < 1.29 is 27.9 Å². The van der Waals surface area contributed by atoms with Crippen LogP contribution in [0.5, 0.6) is 5.75 Å². The fraction of sp³-hybridized carbons (Fsp3) is 0.0909. The van der Waals surface area contributed by atoms with Gasteiger partial charge in [0.15, 0.2) is 0 Å². The zero-order valence-electron chi connectivity index (χ0n) is 16.7. The van der Waals surface area contributed by atoms with Crippen LogP contribution in [0.3, 0.4) is 0 Å². The minimum absolute atomic E-state index is 0.0510. The number of hydrogen-bond acceptors (Lipinski definition) is 5. The highest BCUT2D eigenvalue weighted by atomic mass is 32.2. The van der Waals surface area contributed by atoms with Crippen molar-refractivity contribution >= 4 is 33.3 Å². The summed E-state index contributed by atoms with van der Waals surface area (Å²) in [6, 6.07) is 16.8. The number of carbonyl (C=O) groups is 2. The zero-order chi connectivity index (χ0) is 22.6. The molecule has 1 amide bonds. The Bertz CT molecular complexity index is 1250. The Labute approximate surface area is 179 Å². The summed E-state index contributed by atoms with van der Waals surface area (Å²) in [5.41, 5.74) is 0.776. The summed E-state index contributed by atoms with van der Waals surface area (Å²) in [6.45, 7) is 1.56. The van der Waals surface area contributed by atoms with Crippen molar-refractivity contribution in [2.24, 2.45) is 0 Å². The van der Waals surface area contributed by atoms with Gasteiger partial charge in [0.25, 0.3) is 15.9 Å². The van der Waals surface area contributed by atoms with Gasteiger partial charge >= 0.3 is 5.97 Å². The maximum atomic E-state index is 13.0. The zero-order valence-corrected chi connectivity index (χ0v) is 17.6. The van der Waals surface area contributed by atoms with Gasteiger partial charge in [0, 0.05) is 0 Å². The van der Waals surface area contributed by atoms with Gasteiger partial charge in [0.2, 0.25) is 0 Å². The number of sulfonamides is 1. The smallest absolute Gasteiger partial charge is 0.335 e. The molecule has 0 aromatic heterocycles. The first-order valence-electron chi connectivity index (χ1n) is 9.13. The van der Waals surface area contributed by atoms with Crippen LogP contribution < -0.4 is 14.8 Å². The van der Waals surface area contributed by atoms with Crippen LogP contribution in [0.25, 0.3) is 0 Å². The highest BCUT2D eigenvalue weighted by molar-refractivity contribution is 7.92. The van der Waals surface area contributed by atoms with Crippen LogP contribution in [-0.4, -0.2) is 32.5 Å². The van der Waals surface area contributed by atoms with Gasteiger partial charge in [-0.05, 0) is 48.9 Å². The predicted octanol–water partition coefficient (Wildman–Crippen LogP) is 3.75. The molecule has 0 bridgehead atoms. The number of aryl methyl sites for hydroxylation is 1. The predicted molar refractivity (Wildman–Crippen MR) is 116 cm³/mol. The lowest BCUT2D eigenvalue weighted by Gasteiger charge is -2.15. The number of anilines is 2. The molecule has 0 radical (unpaired) electrons. The summed E-state index contributed by atoms with van der Waals surface area (Å²) in [7, 11) is -2.69. The molecule has 3 aromatic rings. The lowest BCUT2D eigenvalue weighted by molar-refractivity contribution is 0.0696. The van der Waals surface area contributed by atoms with Gasteiger partial charge < -0.3 is 15.2 Å². The van der Waals surface area contributed by atoms with Crippen LogP contribution >= 0.6 is 0 Å². The number of amides is 1. The minimum Gasteiger partial charge on any atom is -0.495 e. The summed E-state index contributed by atoms with van der Waals surface area (Å²) in [4.78, 5) is 23.9. The summed E-state index contributed by atoms with van der Waals surface area (Å²) < 4.78 is 33.6. The molecule has 0 saturated heterocycles. The first-order valence-corrected chi connectivity index (χ1v) is 10.6. The number of carboxylic acid groups (broad SMARTS) is 1. The summed E-state index contributed by atoms with van der Waals surface area (Å²) in [5, 5.41) is 11.9. The van der Waals surface area contributed by atoms with Crippen LogP contribution in [0.4, 0.5) is 11.4 Å². The van der Waals surface area contributed by atoms with Gasteiger partial charge in [-0.15, -0.1) is 0 Å². The molecule has 0 unspecified atom stereocenters. The molecule has 0 fully saturated rings. The van der Waals surface area contributed by atoms with Crippen molar-refractivity contribution in [1.29, 1.82) is 0 Å². The fourth-order valence-electron chi connectivity index (χ4n) is 2.93. The van der Waals surface area contributed by atoms with Gasteiger partial charge in [-0.1, -0.05) is 30.3 Å². The molecule has 160 valence electrons. The van der Waals surface area contributed by atoms with E-state index in [0.717, 1.165) is 6.07 Å². The molecule has 0 aliphatic heterocycles.